The zero-order valence-corrected chi connectivity index (χ0v) is 24.7. The smallest absolute Gasteiger partial charge is 0.338 e. The van der Waals surface area contributed by atoms with Crippen molar-refractivity contribution in [1.82, 2.24) is 4.57 Å². The van der Waals surface area contributed by atoms with Crippen LogP contribution < -0.4 is 24.4 Å². The van der Waals surface area contributed by atoms with Crippen molar-refractivity contribution in [2.45, 2.75) is 46.1 Å². The number of allylic oxidation sites excluding steroid dienone is 1. The molecule has 9 nitrogen and oxygen atoms in total. The molecule has 2 heterocycles. The number of aromatic nitrogens is 1. The molecule has 1 unspecified atom stereocenters. The molecule has 0 bridgehead atoms. The van der Waals surface area contributed by atoms with Gasteiger partial charge in [-0.1, -0.05) is 49.3 Å². The highest BCUT2D eigenvalue weighted by molar-refractivity contribution is 7.07. The first-order valence-corrected chi connectivity index (χ1v) is 14.3. The van der Waals surface area contributed by atoms with Crippen molar-refractivity contribution >= 4 is 29.4 Å². The normalized spacial score (nSPS) is 14.8. The highest BCUT2D eigenvalue weighted by atomic mass is 32.1. The Morgan fingerprint density at radius 2 is 1.78 bits per heavy atom. The van der Waals surface area contributed by atoms with E-state index in [0.29, 0.717) is 44.3 Å². The molecule has 0 radical (unpaired) electrons. The van der Waals surface area contributed by atoms with Gasteiger partial charge in [-0.05, 0) is 61.7 Å². The van der Waals surface area contributed by atoms with Crippen LogP contribution in [-0.2, 0) is 14.3 Å². The Labute approximate surface area is 242 Å². The SMILES string of the molecule is CCCCCOc1ccc(C=c2sc3n(c2=O)C(c2ccc(C(=O)OC)cc2)C(C(=O)OCC)=C(C)N=3)cc1OC. The summed E-state index contributed by atoms with van der Waals surface area (Å²) >= 11 is 1.23. The lowest BCUT2D eigenvalue weighted by Gasteiger charge is -2.24. The predicted molar refractivity (Wildman–Crippen MR) is 156 cm³/mol. The number of rotatable bonds is 11. The van der Waals surface area contributed by atoms with Crippen molar-refractivity contribution in [3.63, 3.8) is 0 Å². The van der Waals surface area contributed by atoms with Gasteiger partial charge in [0.05, 0.1) is 54.8 Å². The Morgan fingerprint density at radius 3 is 2.44 bits per heavy atom. The minimum Gasteiger partial charge on any atom is -0.493 e. The third-order valence-electron chi connectivity index (χ3n) is 6.66. The van der Waals surface area contributed by atoms with Gasteiger partial charge < -0.3 is 18.9 Å². The second-order valence-electron chi connectivity index (χ2n) is 9.38. The van der Waals surface area contributed by atoms with Crippen LogP contribution in [-0.4, -0.2) is 43.9 Å². The van der Waals surface area contributed by atoms with Crippen LogP contribution >= 0.6 is 11.3 Å². The first-order valence-electron chi connectivity index (χ1n) is 13.5. The fourth-order valence-electron chi connectivity index (χ4n) is 4.61. The number of esters is 2. The molecule has 0 amide bonds. The predicted octanol–water partition coefficient (Wildman–Crippen LogP) is 4.16. The van der Waals surface area contributed by atoms with Crippen LogP contribution in [0.15, 0.2) is 63.5 Å². The van der Waals surface area contributed by atoms with Crippen molar-refractivity contribution in [2.24, 2.45) is 4.99 Å². The van der Waals surface area contributed by atoms with Crippen molar-refractivity contribution in [1.29, 1.82) is 0 Å². The molecule has 2 aromatic carbocycles. The Bertz CT molecular complexity index is 1630. The molecule has 1 aromatic heterocycles. The quantitative estimate of drug-likeness (QED) is 0.249. The van der Waals surface area contributed by atoms with Gasteiger partial charge in [0.25, 0.3) is 5.56 Å². The molecule has 0 spiro atoms. The molecule has 216 valence electrons. The number of benzene rings is 2. The maximum atomic E-state index is 13.9. The number of carbonyl (C=O) groups excluding carboxylic acids is 2. The van der Waals surface area contributed by atoms with E-state index in [-0.39, 0.29) is 17.7 Å². The molecule has 0 saturated carbocycles. The molecule has 4 rings (SSSR count). The second kappa shape index (κ2) is 13.5. The third-order valence-corrected chi connectivity index (χ3v) is 7.64. The summed E-state index contributed by atoms with van der Waals surface area (Å²) in [5.74, 6) is 0.189. The summed E-state index contributed by atoms with van der Waals surface area (Å²) in [7, 11) is 2.89. The van der Waals surface area contributed by atoms with Gasteiger partial charge in [-0.15, -0.1) is 0 Å². The van der Waals surface area contributed by atoms with E-state index in [1.54, 1.807) is 51.3 Å². The number of carbonyl (C=O) groups is 2. The summed E-state index contributed by atoms with van der Waals surface area (Å²) in [6, 6.07) is 11.4. The molecular weight excluding hydrogens is 544 g/mol. The van der Waals surface area contributed by atoms with Crippen LogP contribution in [0.3, 0.4) is 0 Å². The van der Waals surface area contributed by atoms with E-state index in [1.165, 1.54) is 23.0 Å². The molecule has 10 heteroatoms. The van der Waals surface area contributed by atoms with Crippen LogP contribution in [0.1, 0.15) is 67.6 Å². The van der Waals surface area contributed by atoms with Crippen molar-refractivity contribution in [3.8, 4) is 11.5 Å². The van der Waals surface area contributed by atoms with Gasteiger partial charge in [0.1, 0.15) is 0 Å². The number of ether oxygens (including phenoxy) is 4. The van der Waals surface area contributed by atoms with Gasteiger partial charge in [0, 0.05) is 0 Å². The highest BCUT2D eigenvalue weighted by Gasteiger charge is 2.33. The minimum absolute atomic E-state index is 0.175. The summed E-state index contributed by atoms with van der Waals surface area (Å²) in [5.41, 5.74) is 2.17. The largest absolute Gasteiger partial charge is 0.493 e. The minimum atomic E-state index is -0.785. The Morgan fingerprint density at radius 1 is 1.02 bits per heavy atom. The number of thiazole rings is 1. The number of methoxy groups -OCH3 is 2. The Hall–Kier alpha value is -4.18. The molecule has 0 N–H and O–H groups in total. The van der Waals surface area contributed by atoms with Gasteiger partial charge in [-0.25, -0.2) is 14.6 Å². The van der Waals surface area contributed by atoms with Gasteiger partial charge in [0.15, 0.2) is 16.3 Å². The van der Waals surface area contributed by atoms with Crippen LogP contribution in [0.5, 0.6) is 11.5 Å². The van der Waals surface area contributed by atoms with Gasteiger partial charge in [-0.2, -0.15) is 0 Å². The highest BCUT2D eigenvalue weighted by Crippen LogP contribution is 2.31. The fraction of sp³-hybridized carbons (Fsp3) is 0.355. The van der Waals surface area contributed by atoms with Crippen LogP contribution in [0.25, 0.3) is 6.08 Å². The topological polar surface area (TPSA) is 105 Å². The second-order valence-corrected chi connectivity index (χ2v) is 10.4. The summed E-state index contributed by atoms with van der Waals surface area (Å²) in [6.45, 7) is 6.36. The van der Waals surface area contributed by atoms with Gasteiger partial charge >= 0.3 is 11.9 Å². The van der Waals surface area contributed by atoms with E-state index in [2.05, 4.69) is 11.9 Å². The van der Waals surface area contributed by atoms with Crippen molar-refractivity contribution in [3.05, 3.63) is 90.1 Å². The molecule has 1 atom stereocenters. The van der Waals surface area contributed by atoms with E-state index < -0.39 is 18.0 Å². The first kappa shape index (κ1) is 29.8. The number of unbranched alkanes of at least 4 members (excludes halogenated alkanes) is 2. The molecule has 0 saturated heterocycles. The fourth-order valence-corrected chi connectivity index (χ4v) is 5.65. The molecule has 1 aliphatic rings. The summed E-state index contributed by atoms with van der Waals surface area (Å²) < 4.78 is 23.5. The molecular formula is C31H34N2O7S. The van der Waals surface area contributed by atoms with Crippen LogP contribution in [0, 0.1) is 0 Å². The van der Waals surface area contributed by atoms with Crippen molar-refractivity contribution in [2.75, 3.05) is 27.4 Å². The zero-order chi connectivity index (χ0) is 29.5. The standard InChI is InChI=1S/C31H34N2O7S/c1-6-8-9-16-40-23-15-10-20(17-24(23)37-4)18-25-28(34)33-27(21-11-13-22(14-12-21)29(35)38-5)26(30(36)39-7-2)19(3)32-31(33)41-25/h10-15,17-18,27H,6-9,16H2,1-5H3. The Balaban J connectivity index is 1.79. The molecule has 3 aromatic rings. The summed E-state index contributed by atoms with van der Waals surface area (Å²) in [6.07, 6.45) is 4.93. The number of fused-ring (bicyclic) bond motifs is 1. The number of nitrogens with zero attached hydrogens (tertiary/aromatic N) is 2. The molecule has 1 aliphatic heterocycles. The first-order chi connectivity index (χ1) is 19.8. The van der Waals surface area contributed by atoms with Gasteiger partial charge in [0.2, 0.25) is 0 Å². The summed E-state index contributed by atoms with van der Waals surface area (Å²) in [4.78, 5) is 44.0. The lowest BCUT2D eigenvalue weighted by atomic mass is 9.95. The lowest BCUT2D eigenvalue weighted by Crippen LogP contribution is -2.40. The Kier molecular flexibility index (Phi) is 9.78. The number of hydrogen-bond acceptors (Lipinski definition) is 9. The van der Waals surface area contributed by atoms with Crippen molar-refractivity contribution < 1.29 is 28.5 Å². The average Bonchev–Trinajstić information content (AvgIpc) is 3.28. The average molecular weight is 579 g/mol. The molecule has 0 aliphatic carbocycles. The monoisotopic (exact) mass is 578 g/mol. The third kappa shape index (κ3) is 6.43. The van der Waals surface area contributed by atoms with E-state index >= 15 is 0 Å². The van der Waals surface area contributed by atoms with Gasteiger partial charge in [-0.3, -0.25) is 9.36 Å². The summed E-state index contributed by atoms with van der Waals surface area (Å²) in [5, 5.41) is 0. The maximum Gasteiger partial charge on any atom is 0.338 e. The molecule has 41 heavy (non-hydrogen) atoms. The van der Waals surface area contributed by atoms with E-state index in [0.717, 1.165) is 24.8 Å². The van der Waals surface area contributed by atoms with E-state index in [1.807, 2.05) is 18.2 Å². The zero-order valence-electron chi connectivity index (χ0n) is 23.9. The lowest BCUT2D eigenvalue weighted by molar-refractivity contribution is -0.139. The number of hydrogen-bond donors (Lipinski definition) is 0. The maximum absolute atomic E-state index is 13.9. The van der Waals surface area contributed by atoms with Crippen LogP contribution in [0.2, 0.25) is 0 Å². The van der Waals surface area contributed by atoms with Crippen LogP contribution in [0.4, 0.5) is 0 Å². The molecule has 0 fully saturated rings. The van der Waals surface area contributed by atoms with E-state index in [4.69, 9.17) is 18.9 Å². The van der Waals surface area contributed by atoms with E-state index in [9.17, 15) is 14.4 Å².